The lowest BCUT2D eigenvalue weighted by Gasteiger charge is -2.17. The van der Waals surface area contributed by atoms with Gasteiger partial charge in [-0.1, -0.05) is 0 Å². The minimum atomic E-state index is -4.67. The number of aromatic nitrogens is 4. The Balaban J connectivity index is 1.94. The van der Waals surface area contributed by atoms with E-state index in [1.54, 1.807) is 0 Å². The van der Waals surface area contributed by atoms with Crippen molar-refractivity contribution in [3.8, 4) is 17.0 Å². The Morgan fingerprint density at radius 1 is 1.12 bits per heavy atom. The molecule has 0 saturated heterocycles. The first kappa shape index (κ1) is 18.0. The molecule has 0 aliphatic heterocycles. The van der Waals surface area contributed by atoms with E-state index in [1.165, 1.54) is 18.3 Å². The lowest BCUT2D eigenvalue weighted by Crippen LogP contribution is -2.31. The Morgan fingerprint density at radius 2 is 1.85 bits per heavy atom. The highest BCUT2D eigenvalue weighted by Crippen LogP contribution is 2.28. The molecule has 0 N–H and O–H groups in total. The van der Waals surface area contributed by atoms with Crippen molar-refractivity contribution in [1.82, 2.24) is 19.6 Å². The van der Waals surface area contributed by atoms with Gasteiger partial charge in [-0.15, -0.1) is 10.2 Å². The van der Waals surface area contributed by atoms with Crippen LogP contribution in [0.2, 0.25) is 0 Å². The third-order valence-corrected chi connectivity index (χ3v) is 3.51. The van der Waals surface area contributed by atoms with Crippen LogP contribution >= 0.6 is 0 Å². The van der Waals surface area contributed by atoms with Crippen molar-refractivity contribution in [2.45, 2.75) is 25.6 Å². The van der Waals surface area contributed by atoms with Crippen molar-refractivity contribution in [3.05, 3.63) is 42.2 Å². The van der Waals surface area contributed by atoms with Crippen LogP contribution in [0.3, 0.4) is 0 Å². The molecule has 3 rings (SSSR count). The Kier molecular flexibility index (Phi) is 4.46. The molecule has 3 heterocycles. The molecular formula is C15H10F6N4O. The summed E-state index contributed by atoms with van der Waals surface area (Å²) in [4.78, 5) is 3.55. The van der Waals surface area contributed by atoms with Gasteiger partial charge >= 0.3 is 6.18 Å². The molecule has 0 fully saturated rings. The molecule has 0 amide bonds. The van der Waals surface area contributed by atoms with Gasteiger partial charge in [0.25, 0.3) is 12.3 Å². The van der Waals surface area contributed by atoms with Gasteiger partial charge in [-0.25, -0.2) is 18.2 Å². The number of alkyl halides is 5. The molecule has 0 aromatic carbocycles. The SMILES string of the molecule is CC(Oc1ncc(-c2ccc3nnc(C(F)F)n3c2)cc1F)C(F)(F)F. The summed E-state index contributed by atoms with van der Waals surface area (Å²) in [5, 5.41) is 6.94. The highest BCUT2D eigenvalue weighted by atomic mass is 19.4. The van der Waals surface area contributed by atoms with Crippen molar-refractivity contribution >= 4 is 5.65 Å². The smallest absolute Gasteiger partial charge is 0.425 e. The minimum absolute atomic E-state index is 0.158. The predicted molar refractivity (Wildman–Crippen MR) is 77.3 cm³/mol. The topological polar surface area (TPSA) is 52.3 Å². The number of hydrogen-bond donors (Lipinski definition) is 0. The van der Waals surface area contributed by atoms with Gasteiger partial charge in [-0.2, -0.15) is 13.2 Å². The third kappa shape index (κ3) is 3.41. The number of ether oxygens (including phenoxy) is 1. The summed E-state index contributed by atoms with van der Waals surface area (Å²) in [5.74, 6) is -2.51. The number of rotatable bonds is 4. The van der Waals surface area contributed by atoms with E-state index in [2.05, 4.69) is 19.9 Å². The van der Waals surface area contributed by atoms with Crippen molar-refractivity contribution in [2.75, 3.05) is 0 Å². The average molecular weight is 376 g/mol. The lowest BCUT2D eigenvalue weighted by atomic mass is 10.1. The van der Waals surface area contributed by atoms with Crippen molar-refractivity contribution in [1.29, 1.82) is 0 Å². The van der Waals surface area contributed by atoms with E-state index in [1.807, 2.05) is 0 Å². The minimum Gasteiger partial charge on any atom is -0.463 e. The van der Waals surface area contributed by atoms with Gasteiger partial charge in [-0.3, -0.25) is 4.40 Å². The Morgan fingerprint density at radius 3 is 2.46 bits per heavy atom. The van der Waals surface area contributed by atoms with Crippen LogP contribution in [0.15, 0.2) is 30.6 Å². The quantitative estimate of drug-likeness (QED) is 0.641. The third-order valence-electron chi connectivity index (χ3n) is 3.51. The fourth-order valence-corrected chi connectivity index (χ4v) is 2.13. The van der Waals surface area contributed by atoms with Gasteiger partial charge in [-0.05, 0) is 25.1 Å². The van der Waals surface area contributed by atoms with Crippen LogP contribution < -0.4 is 4.74 Å². The van der Waals surface area contributed by atoms with E-state index in [0.29, 0.717) is 5.56 Å². The molecule has 0 bridgehead atoms. The number of fused-ring (bicyclic) bond motifs is 1. The summed E-state index contributed by atoms with van der Waals surface area (Å²) >= 11 is 0. The molecule has 1 atom stereocenters. The van der Waals surface area contributed by atoms with Gasteiger partial charge in [0.05, 0.1) is 0 Å². The number of halogens is 6. The zero-order valence-corrected chi connectivity index (χ0v) is 13.0. The van der Waals surface area contributed by atoms with Crippen LogP contribution in [0, 0.1) is 5.82 Å². The van der Waals surface area contributed by atoms with Crippen molar-refractivity contribution in [3.63, 3.8) is 0 Å². The number of hydrogen-bond acceptors (Lipinski definition) is 4. The summed E-state index contributed by atoms with van der Waals surface area (Å²) in [5.41, 5.74) is 0.614. The molecule has 5 nitrogen and oxygen atoms in total. The van der Waals surface area contributed by atoms with Crippen LogP contribution in [0.5, 0.6) is 5.88 Å². The molecule has 26 heavy (non-hydrogen) atoms. The Hall–Kier alpha value is -2.85. The van der Waals surface area contributed by atoms with Crippen LogP contribution in [-0.2, 0) is 0 Å². The standard InChI is InChI=1S/C15H10F6N4O/c1-7(15(19,20)21)26-14-10(16)4-9(5-22-14)8-2-3-11-23-24-13(12(17)18)25(11)6-8/h2-7,12H,1H3. The summed E-state index contributed by atoms with van der Waals surface area (Å²) < 4.78 is 82.8. The zero-order chi connectivity index (χ0) is 19.1. The molecule has 0 aliphatic rings. The summed E-state index contributed by atoms with van der Waals surface area (Å²) in [6.07, 6.45) is -7.44. The van der Waals surface area contributed by atoms with E-state index >= 15 is 0 Å². The van der Waals surface area contributed by atoms with Crippen LogP contribution in [0.4, 0.5) is 26.3 Å². The van der Waals surface area contributed by atoms with E-state index < -0.39 is 36.2 Å². The Labute approximate surface area is 142 Å². The first-order valence-electron chi connectivity index (χ1n) is 7.19. The fraction of sp³-hybridized carbons (Fsp3) is 0.267. The van der Waals surface area contributed by atoms with Gasteiger partial charge in [0, 0.05) is 23.5 Å². The van der Waals surface area contributed by atoms with Crippen LogP contribution in [-0.4, -0.2) is 31.9 Å². The van der Waals surface area contributed by atoms with Crippen molar-refractivity contribution < 1.29 is 31.1 Å². The molecule has 1 unspecified atom stereocenters. The number of nitrogens with zero attached hydrogens (tertiary/aromatic N) is 4. The summed E-state index contributed by atoms with van der Waals surface area (Å²) in [7, 11) is 0. The largest absolute Gasteiger partial charge is 0.463 e. The van der Waals surface area contributed by atoms with Gasteiger partial charge < -0.3 is 4.74 Å². The fourth-order valence-electron chi connectivity index (χ4n) is 2.13. The predicted octanol–water partition coefficient (Wildman–Crippen LogP) is 4.20. The second-order valence-corrected chi connectivity index (χ2v) is 5.32. The summed E-state index contributed by atoms with van der Waals surface area (Å²) in [6.45, 7) is 0.723. The highest BCUT2D eigenvalue weighted by Gasteiger charge is 2.38. The van der Waals surface area contributed by atoms with E-state index in [0.717, 1.165) is 23.6 Å². The lowest BCUT2D eigenvalue weighted by molar-refractivity contribution is -0.190. The van der Waals surface area contributed by atoms with E-state index in [-0.39, 0.29) is 11.2 Å². The monoisotopic (exact) mass is 376 g/mol. The maximum atomic E-state index is 14.0. The van der Waals surface area contributed by atoms with Gasteiger partial charge in [0.1, 0.15) is 0 Å². The second-order valence-electron chi connectivity index (χ2n) is 5.32. The molecule has 0 saturated carbocycles. The number of pyridine rings is 2. The molecule has 0 radical (unpaired) electrons. The molecule has 3 aromatic rings. The second kappa shape index (κ2) is 6.46. The molecule has 3 aromatic heterocycles. The van der Waals surface area contributed by atoms with Crippen LogP contribution in [0.25, 0.3) is 16.8 Å². The van der Waals surface area contributed by atoms with Gasteiger partial charge in [0.2, 0.25) is 5.82 Å². The first-order chi connectivity index (χ1) is 12.2. The Bertz CT molecular complexity index is 940. The zero-order valence-electron chi connectivity index (χ0n) is 13.0. The maximum absolute atomic E-state index is 14.0. The summed E-state index contributed by atoms with van der Waals surface area (Å²) in [6, 6.07) is 3.76. The van der Waals surface area contributed by atoms with Crippen LogP contribution in [0.1, 0.15) is 19.2 Å². The highest BCUT2D eigenvalue weighted by molar-refractivity contribution is 5.64. The van der Waals surface area contributed by atoms with Gasteiger partial charge in [0.15, 0.2) is 17.6 Å². The molecule has 138 valence electrons. The first-order valence-corrected chi connectivity index (χ1v) is 7.19. The average Bonchev–Trinajstić information content (AvgIpc) is 2.99. The van der Waals surface area contributed by atoms with E-state index in [9.17, 15) is 26.3 Å². The van der Waals surface area contributed by atoms with Crippen molar-refractivity contribution in [2.24, 2.45) is 0 Å². The molecular weight excluding hydrogens is 366 g/mol. The maximum Gasteiger partial charge on any atom is 0.425 e. The van der Waals surface area contributed by atoms with E-state index in [4.69, 9.17) is 0 Å². The molecule has 11 heteroatoms. The molecule has 0 aliphatic carbocycles. The normalized spacial score (nSPS) is 13.4. The molecule has 0 spiro atoms.